The van der Waals surface area contributed by atoms with E-state index in [0.717, 1.165) is 35.5 Å². The summed E-state index contributed by atoms with van der Waals surface area (Å²) in [5.41, 5.74) is 7.20. The smallest absolute Gasteiger partial charge is 0.240 e. The molecule has 172 valence electrons. The highest BCUT2D eigenvalue weighted by atomic mass is 32.2. The minimum absolute atomic E-state index is 0.0986. The first-order valence-electron chi connectivity index (χ1n) is 10.9. The quantitative estimate of drug-likeness (QED) is 0.238. The maximum absolute atomic E-state index is 11.8. The number of hydrazone groups is 2. The van der Waals surface area contributed by atoms with E-state index in [1.807, 2.05) is 72.8 Å². The van der Waals surface area contributed by atoms with Gasteiger partial charge in [0.15, 0.2) is 0 Å². The lowest BCUT2D eigenvalue weighted by atomic mass is 10.2. The summed E-state index contributed by atoms with van der Waals surface area (Å²) in [4.78, 5) is 23.5. The van der Waals surface area contributed by atoms with Gasteiger partial charge in [-0.05, 0) is 47.6 Å². The summed E-state index contributed by atoms with van der Waals surface area (Å²) in [5.74, 6) is 1.54. The molecular weight excluding hydrogens is 432 g/mol. The maximum atomic E-state index is 11.8. The van der Waals surface area contributed by atoms with Crippen LogP contribution in [0.5, 0.6) is 0 Å². The van der Waals surface area contributed by atoms with Crippen molar-refractivity contribution in [3.05, 3.63) is 83.9 Å². The number of carbonyl (C=O) groups excluding carboxylic acids is 2. The van der Waals surface area contributed by atoms with Gasteiger partial charge in [0.05, 0.1) is 0 Å². The summed E-state index contributed by atoms with van der Waals surface area (Å²) < 4.78 is 0. The monoisotopic (exact) mass is 462 g/mol. The normalized spacial score (nSPS) is 11.6. The average Bonchev–Trinajstić information content (AvgIpc) is 2.84. The molecule has 2 amide bonds. The van der Waals surface area contributed by atoms with Crippen LogP contribution in [0.25, 0.3) is 12.2 Å². The van der Waals surface area contributed by atoms with E-state index in [2.05, 4.69) is 21.1 Å². The Labute approximate surface area is 199 Å². The Kier molecular flexibility index (Phi) is 13.4. The topological polar surface area (TPSA) is 82.9 Å². The molecule has 0 fully saturated rings. The predicted octanol–water partition coefficient (Wildman–Crippen LogP) is 4.91. The molecule has 0 bridgehead atoms. The Morgan fingerprint density at radius 1 is 0.697 bits per heavy atom. The van der Waals surface area contributed by atoms with Crippen LogP contribution in [0.2, 0.25) is 0 Å². The summed E-state index contributed by atoms with van der Waals surface area (Å²) in [6.07, 6.45) is 12.9. The van der Waals surface area contributed by atoms with E-state index in [4.69, 9.17) is 0 Å². The molecule has 0 aliphatic heterocycles. The fraction of sp³-hybridized carbons (Fsp3) is 0.231. The summed E-state index contributed by atoms with van der Waals surface area (Å²) in [5, 5.41) is 7.81. The lowest BCUT2D eigenvalue weighted by molar-refractivity contribution is -0.121. The molecule has 6 nitrogen and oxygen atoms in total. The molecular formula is C26H30N4O2S. The van der Waals surface area contributed by atoms with Crippen molar-refractivity contribution >= 4 is 48.2 Å². The van der Waals surface area contributed by atoms with E-state index in [1.165, 1.54) is 0 Å². The number of nitrogens with zero attached hydrogens (tertiary/aromatic N) is 2. The van der Waals surface area contributed by atoms with Crippen LogP contribution in [-0.2, 0) is 9.59 Å². The van der Waals surface area contributed by atoms with Crippen LogP contribution in [0.1, 0.15) is 36.8 Å². The number of hydrogen-bond donors (Lipinski definition) is 2. The minimum atomic E-state index is -0.0986. The van der Waals surface area contributed by atoms with Gasteiger partial charge in [-0.1, -0.05) is 72.8 Å². The molecule has 0 unspecified atom stereocenters. The Balaban J connectivity index is 1.42. The predicted molar refractivity (Wildman–Crippen MR) is 140 cm³/mol. The van der Waals surface area contributed by atoms with Crippen LogP contribution in [0.4, 0.5) is 0 Å². The highest BCUT2D eigenvalue weighted by Crippen LogP contribution is 2.08. The van der Waals surface area contributed by atoms with Gasteiger partial charge >= 0.3 is 0 Å². The van der Waals surface area contributed by atoms with Gasteiger partial charge in [0.1, 0.15) is 0 Å². The first-order valence-corrected chi connectivity index (χ1v) is 12.0. The van der Waals surface area contributed by atoms with Crippen LogP contribution in [0, 0.1) is 0 Å². The Hall–Kier alpha value is -3.45. The Morgan fingerprint density at radius 3 is 1.55 bits per heavy atom. The molecule has 0 aromatic heterocycles. The van der Waals surface area contributed by atoms with Gasteiger partial charge in [0.25, 0.3) is 0 Å². The largest absolute Gasteiger partial charge is 0.273 e. The van der Waals surface area contributed by atoms with Crippen molar-refractivity contribution in [2.75, 3.05) is 11.5 Å². The van der Waals surface area contributed by atoms with Crippen molar-refractivity contribution < 1.29 is 9.59 Å². The number of amides is 2. The maximum Gasteiger partial charge on any atom is 0.240 e. The van der Waals surface area contributed by atoms with Crippen LogP contribution in [0.3, 0.4) is 0 Å². The standard InChI is InChI=1S/C26H30N4O2S/c31-25(29-27-19-7-15-23-11-3-1-4-12-23)17-9-21-33-22-10-18-26(32)30-28-20-8-16-24-13-5-2-6-14-24/h1-8,11-16,19-20H,9-10,17-18,21-22H2,(H,29,31)(H,30,32)/b15-7-,16-8-,27-19+,28-20+. The van der Waals surface area contributed by atoms with Crippen LogP contribution in [0.15, 0.2) is 83.0 Å². The number of nitrogens with one attached hydrogen (secondary N) is 2. The molecule has 2 rings (SSSR count). The zero-order chi connectivity index (χ0) is 23.4. The SMILES string of the molecule is O=C(CCCSCCCC(=O)N/N=C/C=C\c1ccccc1)N/N=C/C=C\c1ccccc1. The van der Waals surface area contributed by atoms with Crippen molar-refractivity contribution in [3.63, 3.8) is 0 Å². The second-order valence-corrected chi connectivity index (χ2v) is 8.21. The molecule has 7 heteroatoms. The molecule has 0 saturated heterocycles. The molecule has 0 heterocycles. The summed E-state index contributed by atoms with van der Waals surface area (Å²) >= 11 is 1.74. The van der Waals surface area contributed by atoms with Crippen molar-refractivity contribution in [2.45, 2.75) is 25.7 Å². The van der Waals surface area contributed by atoms with Gasteiger partial charge in [-0.2, -0.15) is 22.0 Å². The van der Waals surface area contributed by atoms with Gasteiger partial charge in [0.2, 0.25) is 11.8 Å². The number of benzene rings is 2. The lowest BCUT2D eigenvalue weighted by Gasteiger charge is -2.02. The highest BCUT2D eigenvalue weighted by Gasteiger charge is 2.01. The van der Waals surface area contributed by atoms with E-state index in [1.54, 1.807) is 36.3 Å². The first-order chi connectivity index (χ1) is 16.2. The molecule has 0 spiro atoms. The minimum Gasteiger partial charge on any atom is -0.273 e. The number of hydrogen-bond acceptors (Lipinski definition) is 5. The van der Waals surface area contributed by atoms with Gasteiger partial charge in [0, 0.05) is 25.3 Å². The van der Waals surface area contributed by atoms with Gasteiger partial charge in [-0.3, -0.25) is 9.59 Å². The fourth-order valence-electron chi connectivity index (χ4n) is 2.62. The van der Waals surface area contributed by atoms with Crippen molar-refractivity contribution in [2.24, 2.45) is 10.2 Å². The zero-order valence-corrected chi connectivity index (χ0v) is 19.4. The third-order valence-electron chi connectivity index (χ3n) is 4.26. The fourth-order valence-corrected chi connectivity index (χ4v) is 3.53. The molecule has 2 aromatic carbocycles. The Bertz CT molecular complexity index is 864. The first kappa shape index (κ1) is 25.8. The van der Waals surface area contributed by atoms with Gasteiger partial charge in [-0.15, -0.1) is 0 Å². The van der Waals surface area contributed by atoms with Crippen LogP contribution >= 0.6 is 11.8 Å². The second-order valence-electron chi connectivity index (χ2n) is 6.99. The van der Waals surface area contributed by atoms with Crippen LogP contribution < -0.4 is 10.9 Å². The van der Waals surface area contributed by atoms with E-state index >= 15 is 0 Å². The molecule has 0 radical (unpaired) electrons. The number of thioether (sulfide) groups is 1. The zero-order valence-electron chi connectivity index (χ0n) is 18.6. The van der Waals surface area contributed by atoms with Gasteiger partial charge in [-0.25, -0.2) is 10.9 Å². The molecule has 33 heavy (non-hydrogen) atoms. The molecule has 2 N–H and O–H groups in total. The van der Waals surface area contributed by atoms with Crippen molar-refractivity contribution in [1.82, 2.24) is 10.9 Å². The molecule has 0 atom stereocenters. The summed E-state index contributed by atoms with van der Waals surface area (Å²) in [6.45, 7) is 0. The number of carbonyl (C=O) groups is 2. The van der Waals surface area contributed by atoms with E-state index in [9.17, 15) is 9.59 Å². The average molecular weight is 463 g/mol. The molecule has 0 aliphatic rings. The van der Waals surface area contributed by atoms with Crippen molar-refractivity contribution in [3.8, 4) is 0 Å². The third-order valence-corrected chi connectivity index (χ3v) is 5.42. The summed E-state index contributed by atoms with van der Waals surface area (Å²) in [6, 6.07) is 19.8. The number of allylic oxidation sites excluding steroid dienone is 2. The van der Waals surface area contributed by atoms with E-state index < -0.39 is 0 Å². The van der Waals surface area contributed by atoms with E-state index in [0.29, 0.717) is 12.8 Å². The number of rotatable bonds is 14. The second kappa shape index (κ2) is 17.1. The molecule has 0 aliphatic carbocycles. The lowest BCUT2D eigenvalue weighted by Crippen LogP contribution is -2.17. The molecule has 0 saturated carbocycles. The van der Waals surface area contributed by atoms with Crippen molar-refractivity contribution in [1.29, 1.82) is 0 Å². The molecule has 2 aromatic rings. The van der Waals surface area contributed by atoms with Gasteiger partial charge < -0.3 is 0 Å². The van der Waals surface area contributed by atoms with Crippen LogP contribution in [-0.4, -0.2) is 35.7 Å². The highest BCUT2D eigenvalue weighted by molar-refractivity contribution is 7.99. The third kappa shape index (κ3) is 13.5. The Morgan fingerprint density at radius 2 is 1.12 bits per heavy atom. The summed E-state index contributed by atoms with van der Waals surface area (Å²) in [7, 11) is 0. The van der Waals surface area contributed by atoms with E-state index in [-0.39, 0.29) is 11.8 Å².